The van der Waals surface area contributed by atoms with Gasteiger partial charge in [0.25, 0.3) is 11.8 Å². The molecule has 1 aromatic heterocycles. The molecule has 0 fully saturated rings. The zero-order valence-electron chi connectivity index (χ0n) is 33.3. The minimum absolute atomic E-state index is 0. The topological polar surface area (TPSA) is 214 Å². The fourth-order valence-corrected chi connectivity index (χ4v) is 6.94. The summed E-state index contributed by atoms with van der Waals surface area (Å²) in [6, 6.07) is 15.6. The Morgan fingerprint density at radius 1 is 0.750 bits per heavy atom. The predicted molar refractivity (Wildman–Crippen MR) is 229 cm³/mol. The van der Waals surface area contributed by atoms with E-state index >= 15 is 0 Å². The molecule has 7 rings (SSSR count). The number of ether oxygens (including phenoxy) is 2. The van der Waals surface area contributed by atoms with Gasteiger partial charge in [-0.05, 0) is 97.5 Å². The molecule has 21 heteroatoms. The SMILES string of the molecule is Cl.N#CCCOC(=O)N[C@H]1CCc2c(C(=O)Nc3ccc(F)c(Cl)c3)ccc(F)c21.N#CCCOC(=O)n1ccnc1.N[C@H]1CCc2c(C(=O)Nc3ccc(F)c(Cl)c3)ccc(F)c21. The van der Waals surface area contributed by atoms with Crippen LogP contribution in [0.2, 0.25) is 10.0 Å². The molecule has 2 aliphatic rings. The van der Waals surface area contributed by atoms with E-state index in [1.165, 1.54) is 71.8 Å². The largest absolute Gasteiger partial charge is 0.448 e. The molecule has 334 valence electrons. The van der Waals surface area contributed by atoms with Crippen molar-refractivity contribution in [1.29, 1.82) is 10.5 Å². The van der Waals surface area contributed by atoms with Gasteiger partial charge < -0.3 is 31.2 Å². The van der Waals surface area contributed by atoms with Crippen LogP contribution in [0.15, 0.2) is 79.4 Å². The summed E-state index contributed by atoms with van der Waals surface area (Å²) in [6.45, 7) is 0.0561. The number of rotatable bonds is 9. The predicted octanol–water partition coefficient (Wildman–Crippen LogP) is 9.52. The van der Waals surface area contributed by atoms with E-state index < -0.39 is 47.5 Å². The zero-order chi connectivity index (χ0) is 45.6. The van der Waals surface area contributed by atoms with E-state index in [1.807, 2.05) is 12.1 Å². The van der Waals surface area contributed by atoms with Crippen molar-refractivity contribution in [2.45, 2.75) is 50.6 Å². The average Bonchev–Trinajstić information content (AvgIpc) is 4.04. The summed E-state index contributed by atoms with van der Waals surface area (Å²) in [5, 5.41) is 24.2. The first kappa shape index (κ1) is 50.0. The highest BCUT2D eigenvalue weighted by atomic mass is 35.5. The van der Waals surface area contributed by atoms with Crippen LogP contribution in [0.4, 0.5) is 38.5 Å². The van der Waals surface area contributed by atoms with Crippen LogP contribution in [0.3, 0.4) is 0 Å². The molecule has 5 N–H and O–H groups in total. The molecule has 4 aromatic carbocycles. The molecule has 64 heavy (non-hydrogen) atoms. The van der Waals surface area contributed by atoms with Crippen molar-refractivity contribution < 1.29 is 46.2 Å². The molecule has 0 spiro atoms. The van der Waals surface area contributed by atoms with Crippen LogP contribution < -0.4 is 21.7 Å². The number of amides is 3. The number of imidazole rings is 1. The first-order chi connectivity index (χ1) is 30.2. The Balaban J connectivity index is 0.000000226. The second kappa shape index (κ2) is 23.7. The van der Waals surface area contributed by atoms with Crippen LogP contribution in [0.25, 0.3) is 0 Å². The number of halogens is 7. The van der Waals surface area contributed by atoms with Crippen LogP contribution in [0, 0.1) is 45.9 Å². The standard InChI is InChI=1S/C20H16ClF2N3O3.C16H13ClF2N2O.C7H7N3O2.ClH/c21-14-10-11(2-5-15(14)22)25-19(27)13-3-6-16(23)18-12(13)4-7-17(18)26-20(28)29-9-1-8-24;17-11-7-8(1-4-12(11)18)21-16(22)10-2-5-13(19)15-9(10)3-6-14(15)20;8-2-1-5-12-7(11)10-4-3-9-6-10;/h2-3,5-6,10,17H,1,4,7,9H2,(H,25,27)(H,26,28);1-2,4-5,7,14H,3,6,20H2,(H,21,22);3-4,6H,1,5H2;1H/t17-;14-;;/m00../s1. The van der Waals surface area contributed by atoms with Crippen LogP contribution in [-0.4, -0.2) is 46.8 Å². The molecule has 2 atom stereocenters. The van der Waals surface area contributed by atoms with Gasteiger partial charge in [0, 0.05) is 52.1 Å². The van der Waals surface area contributed by atoms with Gasteiger partial charge in [0.1, 0.15) is 42.8 Å². The van der Waals surface area contributed by atoms with E-state index in [-0.39, 0.29) is 71.5 Å². The lowest BCUT2D eigenvalue weighted by Gasteiger charge is -2.16. The number of nitrogens with one attached hydrogen (secondary N) is 3. The number of carbonyl (C=O) groups excluding carboxylic acids is 4. The lowest BCUT2D eigenvalue weighted by molar-refractivity contribution is 0.101. The number of carbonyl (C=O) groups is 4. The summed E-state index contributed by atoms with van der Waals surface area (Å²) in [4.78, 5) is 51.5. The van der Waals surface area contributed by atoms with Crippen molar-refractivity contribution in [3.8, 4) is 12.1 Å². The van der Waals surface area contributed by atoms with Gasteiger partial charge in [-0.2, -0.15) is 10.5 Å². The lowest BCUT2D eigenvalue weighted by atomic mass is 10.0. The Hall–Kier alpha value is -6.70. The van der Waals surface area contributed by atoms with Gasteiger partial charge in [-0.25, -0.2) is 36.7 Å². The van der Waals surface area contributed by atoms with Crippen LogP contribution in [0.1, 0.15) is 80.7 Å². The molecule has 5 aromatic rings. The molecular formula is C43H37Cl3F4N8O6. The maximum Gasteiger partial charge on any atom is 0.419 e. The van der Waals surface area contributed by atoms with Crippen molar-refractivity contribution in [2.75, 3.05) is 23.8 Å². The normalized spacial score (nSPS) is 14.0. The fraction of sp³-hybridized carbons (Fsp3) is 0.233. The van der Waals surface area contributed by atoms with Crippen molar-refractivity contribution >= 4 is 71.0 Å². The number of anilines is 2. The lowest BCUT2D eigenvalue weighted by Crippen LogP contribution is -2.28. The minimum Gasteiger partial charge on any atom is -0.448 e. The molecule has 0 aliphatic heterocycles. The highest BCUT2D eigenvalue weighted by Gasteiger charge is 2.32. The van der Waals surface area contributed by atoms with E-state index in [2.05, 4.69) is 25.7 Å². The van der Waals surface area contributed by atoms with Gasteiger partial charge in [-0.1, -0.05) is 23.2 Å². The van der Waals surface area contributed by atoms with Gasteiger partial charge in [0.2, 0.25) is 0 Å². The van der Waals surface area contributed by atoms with Crippen LogP contribution in [-0.2, 0) is 22.3 Å². The number of fused-ring (bicyclic) bond motifs is 2. The number of aromatic nitrogens is 2. The molecule has 1 heterocycles. The first-order valence-electron chi connectivity index (χ1n) is 19.0. The van der Waals surface area contributed by atoms with E-state index in [9.17, 15) is 36.7 Å². The van der Waals surface area contributed by atoms with Gasteiger partial charge >= 0.3 is 12.2 Å². The molecule has 14 nitrogen and oxygen atoms in total. The van der Waals surface area contributed by atoms with Crippen molar-refractivity contribution in [3.05, 3.63) is 146 Å². The molecule has 0 radical (unpaired) electrons. The van der Waals surface area contributed by atoms with Gasteiger partial charge in [-0.15, -0.1) is 12.4 Å². The third-order valence-electron chi connectivity index (χ3n) is 9.45. The Kier molecular flexibility index (Phi) is 18.5. The van der Waals surface area contributed by atoms with Gasteiger partial charge in [0.05, 0.1) is 41.1 Å². The third-order valence-corrected chi connectivity index (χ3v) is 10.0. The maximum absolute atomic E-state index is 14.4. The summed E-state index contributed by atoms with van der Waals surface area (Å²) in [5.41, 5.74) is 8.94. The Morgan fingerprint density at radius 3 is 1.77 bits per heavy atom. The summed E-state index contributed by atoms with van der Waals surface area (Å²) in [7, 11) is 0. The Morgan fingerprint density at radius 2 is 1.25 bits per heavy atom. The summed E-state index contributed by atoms with van der Waals surface area (Å²) in [5.74, 6) is -2.99. The number of hydrogen-bond acceptors (Lipinski definition) is 10. The number of nitrogens with zero attached hydrogens (tertiary/aromatic N) is 4. The van der Waals surface area contributed by atoms with Crippen molar-refractivity contribution in [3.63, 3.8) is 0 Å². The molecular weight excluding hydrogens is 907 g/mol. The molecule has 0 saturated carbocycles. The first-order valence-corrected chi connectivity index (χ1v) is 19.7. The maximum atomic E-state index is 14.4. The number of nitrogens with two attached hydrogens (primary N) is 1. The smallest absolute Gasteiger partial charge is 0.419 e. The van der Waals surface area contributed by atoms with E-state index in [1.54, 1.807) is 0 Å². The molecule has 0 bridgehead atoms. The number of nitriles is 2. The highest BCUT2D eigenvalue weighted by Crippen LogP contribution is 2.37. The van der Waals surface area contributed by atoms with Crippen LogP contribution in [0.5, 0.6) is 0 Å². The zero-order valence-corrected chi connectivity index (χ0v) is 35.6. The number of hydrogen-bond donors (Lipinski definition) is 4. The van der Waals surface area contributed by atoms with E-state index in [4.69, 9.17) is 44.2 Å². The van der Waals surface area contributed by atoms with Crippen molar-refractivity contribution in [1.82, 2.24) is 14.9 Å². The highest BCUT2D eigenvalue weighted by molar-refractivity contribution is 6.31. The Labute approximate surface area is 379 Å². The summed E-state index contributed by atoms with van der Waals surface area (Å²) >= 11 is 11.4. The second-order valence-corrected chi connectivity index (χ2v) is 14.4. The second-order valence-electron chi connectivity index (χ2n) is 13.6. The molecule has 3 amide bonds. The number of alkyl carbamates (subject to hydrolysis) is 1. The minimum atomic E-state index is -0.756. The third kappa shape index (κ3) is 12.9. The van der Waals surface area contributed by atoms with Gasteiger partial charge in [-0.3, -0.25) is 9.59 Å². The van der Waals surface area contributed by atoms with Gasteiger partial charge in [0.15, 0.2) is 0 Å². The summed E-state index contributed by atoms with van der Waals surface area (Å²) < 4.78 is 65.4. The summed E-state index contributed by atoms with van der Waals surface area (Å²) in [6.07, 6.45) is 5.24. The average molecular weight is 944 g/mol. The fourth-order valence-electron chi connectivity index (χ4n) is 6.58. The van der Waals surface area contributed by atoms with Crippen LogP contribution >= 0.6 is 35.6 Å². The molecule has 0 unspecified atom stereocenters. The van der Waals surface area contributed by atoms with E-state index in [0.717, 1.165) is 12.1 Å². The quantitative estimate of drug-likeness (QED) is 0.0811. The van der Waals surface area contributed by atoms with E-state index in [0.29, 0.717) is 59.3 Å². The molecule has 0 saturated heterocycles. The van der Waals surface area contributed by atoms with Crippen molar-refractivity contribution in [2.24, 2.45) is 5.73 Å². The Bertz CT molecular complexity index is 2590. The number of benzene rings is 4. The molecule has 2 aliphatic carbocycles. The monoisotopic (exact) mass is 942 g/mol.